The van der Waals surface area contributed by atoms with Crippen LogP contribution in [0.1, 0.15) is 51.8 Å². The van der Waals surface area contributed by atoms with E-state index in [0.29, 0.717) is 47.3 Å². The van der Waals surface area contributed by atoms with Gasteiger partial charge in [0.05, 0.1) is 21.9 Å². The molecule has 0 unspecified atom stereocenters. The van der Waals surface area contributed by atoms with Crippen LogP contribution < -0.4 is 16.4 Å². The Morgan fingerprint density at radius 1 is 1.02 bits per heavy atom. The van der Waals surface area contributed by atoms with Crippen LogP contribution in [0.5, 0.6) is 0 Å². The molecule has 0 aromatic carbocycles. The molecule has 4 aromatic heterocycles. The molecule has 0 atom stereocenters. The lowest BCUT2D eigenvalue weighted by Gasteiger charge is -2.10. The van der Waals surface area contributed by atoms with Crippen molar-refractivity contribution in [2.75, 3.05) is 16.9 Å². The van der Waals surface area contributed by atoms with E-state index >= 15 is 0 Å². The summed E-state index contributed by atoms with van der Waals surface area (Å²) in [5, 5.41) is 10.1. The molecule has 4 rings (SSSR count). The zero-order valence-corrected chi connectivity index (χ0v) is 25.2. The predicted octanol–water partition coefficient (Wildman–Crippen LogP) is 3.58. The van der Waals surface area contributed by atoms with Gasteiger partial charge >= 0.3 is 0 Å². The van der Waals surface area contributed by atoms with Crippen molar-refractivity contribution < 1.29 is 14.4 Å². The van der Waals surface area contributed by atoms with Crippen LogP contribution in [0.25, 0.3) is 11.2 Å². The highest BCUT2D eigenvalue weighted by molar-refractivity contribution is 8.03. The van der Waals surface area contributed by atoms with Crippen LogP contribution in [0, 0.1) is 20.8 Å². The number of thioether (sulfide) groups is 1. The van der Waals surface area contributed by atoms with Crippen molar-refractivity contribution in [1.82, 2.24) is 33.9 Å². The van der Waals surface area contributed by atoms with Gasteiger partial charge in [0.25, 0.3) is 11.8 Å². The quantitative estimate of drug-likeness (QED) is 0.176. The highest BCUT2D eigenvalue weighted by Crippen LogP contribution is 2.22. The number of hydrogen-bond acceptors (Lipinski definition) is 8. The SMILES string of the molecule is C/C=C(\SC)C(=O)Nc1nc2cc(C(N)=O)cnc2n1C/C=C/Cn1c(NC(=O)c2cc(C)nn2CC)nc(C)c1C. The smallest absolute Gasteiger partial charge is 0.276 e. The van der Waals surface area contributed by atoms with Crippen molar-refractivity contribution in [3.63, 3.8) is 0 Å². The number of amides is 3. The van der Waals surface area contributed by atoms with Gasteiger partial charge in [-0.2, -0.15) is 5.10 Å². The predicted molar refractivity (Wildman–Crippen MR) is 163 cm³/mol. The molecule has 4 N–H and O–H groups in total. The number of nitrogens with zero attached hydrogens (tertiary/aromatic N) is 7. The van der Waals surface area contributed by atoms with Crippen LogP contribution in [-0.4, -0.2) is 57.8 Å². The Morgan fingerprint density at radius 3 is 2.36 bits per heavy atom. The van der Waals surface area contributed by atoms with Crippen molar-refractivity contribution >= 4 is 52.5 Å². The van der Waals surface area contributed by atoms with E-state index < -0.39 is 5.91 Å². The molecule has 14 heteroatoms. The molecule has 0 saturated carbocycles. The first-order valence-corrected chi connectivity index (χ1v) is 14.5. The second-order valence-electron chi connectivity index (χ2n) is 9.42. The summed E-state index contributed by atoms with van der Waals surface area (Å²) in [5.74, 6) is -0.493. The average molecular weight is 591 g/mol. The molecular formula is C28H34N10O3S. The van der Waals surface area contributed by atoms with Gasteiger partial charge < -0.3 is 10.3 Å². The van der Waals surface area contributed by atoms with Crippen LogP contribution >= 0.6 is 11.8 Å². The van der Waals surface area contributed by atoms with Gasteiger partial charge in [0.2, 0.25) is 17.8 Å². The Balaban J connectivity index is 1.58. The number of carbonyl (C=O) groups is 3. The molecule has 0 fully saturated rings. The number of aromatic nitrogens is 7. The topological polar surface area (TPSA) is 168 Å². The van der Waals surface area contributed by atoms with Gasteiger partial charge in [-0.1, -0.05) is 18.2 Å². The molecular weight excluding hydrogens is 556 g/mol. The number of fused-ring (bicyclic) bond motifs is 1. The standard InChI is InChI=1S/C28H34N10O3S/c1-7-22(42-6)26(41)34-28-32-20-14-19(23(29)39)15-30-24(20)37(28)12-10-9-11-36-18(5)17(4)31-27(36)33-25(40)21-13-16(3)35-38(21)8-2/h7,9-10,13-15H,8,11-12H2,1-6H3,(H2,29,39)(H,31,33,40)(H,32,34,41)/b10-9+,22-7-. The third-order valence-electron chi connectivity index (χ3n) is 6.66. The van der Waals surface area contributed by atoms with Crippen molar-refractivity contribution in [3.8, 4) is 0 Å². The Hall–Kier alpha value is -4.72. The van der Waals surface area contributed by atoms with Gasteiger partial charge in [0, 0.05) is 31.5 Å². The summed E-state index contributed by atoms with van der Waals surface area (Å²) in [6.07, 6.45) is 8.76. The van der Waals surface area contributed by atoms with E-state index in [4.69, 9.17) is 5.73 Å². The van der Waals surface area contributed by atoms with E-state index in [2.05, 4.69) is 30.7 Å². The molecule has 0 aliphatic carbocycles. The van der Waals surface area contributed by atoms with Gasteiger partial charge in [-0.3, -0.25) is 34.3 Å². The number of rotatable bonds is 11. The van der Waals surface area contributed by atoms with Crippen LogP contribution in [0.3, 0.4) is 0 Å². The first kappa shape index (κ1) is 30.2. The van der Waals surface area contributed by atoms with E-state index in [1.807, 2.05) is 50.7 Å². The summed E-state index contributed by atoms with van der Waals surface area (Å²) < 4.78 is 5.30. The van der Waals surface area contributed by atoms with E-state index in [9.17, 15) is 14.4 Å². The van der Waals surface area contributed by atoms with Crippen molar-refractivity contribution in [2.45, 2.75) is 54.3 Å². The van der Waals surface area contributed by atoms with E-state index in [0.717, 1.165) is 17.1 Å². The molecule has 0 saturated heterocycles. The molecule has 0 radical (unpaired) electrons. The lowest BCUT2D eigenvalue weighted by Crippen LogP contribution is -2.20. The third kappa shape index (κ3) is 6.28. The lowest BCUT2D eigenvalue weighted by molar-refractivity contribution is -0.112. The fourth-order valence-electron chi connectivity index (χ4n) is 4.39. The first-order valence-electron chi connectivity index (χ1n) is 13.3. The molecule has 0 aliphatic heterocycles. The maximum atomic E-state index is 13.0. The van der Waals surface area contributed by atoms with Gasteiger partial charge in [-0.25, -0.2) is 15.0 Å². The summed E-state index contributed by atoms with van der Waals surface area (Å²) in [4.78, 5) is 51.5. The highest BCUT2D eigenvalue weighted by Gasteiger charge is 2.19. The Kier molecular flexibility index (Phi) is 9.25. The number of pyridine rings is 1. The van der Waals surface area contributed by atoms with Crippen LogP contribution in [0.4, 0.5) is 11.9 Å². The second kappa shape index (κ2) is 12.9. The zero-order chi connectivity index (χ0) is 30.6. The van der Waals surface area contributed by atoms with Crippen molar-refractivity contribution in [2.24, 2.45) is 5.73 Å². The minimum atomic E-state index is -0.619. The Labute approximate surface area is 247 Å². The largest absolute Gasteiger partial charge is 0.366 e. The highest BCUT2D eigenvalue weighted by atomic mass is 32.2. The molecule has 220 valence electrons. The summed E-state index contributed by atoms with van der Waals surface area (Å²) in [6, 6.07) is 3.29. The number of carbonyl (C=O) groups excluding carboxylic acids is 3. The maximum absolute atomic E-state index is 13.0. The molecule has 4 heterocycles. The van der Waals surface area contributed by atoms with E-state index in [1.165, 1.54) is 18.0 Å². The summed E-state index contributed by atoms with van der Waals surface area (Å²) in [7, 11) is 0. The summed E-state index contributed by atoms with van der Waals surface area (Å²) in [6.45, 7) is 10.7. The third-order valence-corrected chi connectivity index (χ3v) is 7.52. The fraction of sp³-hybridized carbons (Fsp3) is 0.321. The average Bonchev–Trinajstić information content (AvgIpc) is 3.59. The number of allylic oxidation sites excluding steroid dienone is 3. The fourth-order valence-corrected chi connectivity index (χ4v) is 4.86. The van der Waals surface area contributed by atoms with Crippen molar-refractivity contribution in [1.29, 1.82) is 0 Å². The Bertz CT molecular complexity index is 1730. The second-order valence-corrected chi connectivity index (χ2v) is 10.3. The first-order chi connectivity index (χ1) is 20.1. The molecule has 0 aliphatic rings. The zero-order valence-electron chi connectivity index (χ0n) is 24.4. The molecule has 3 amide bonds. The minimum Gasteiger partial charge on any atom is -0.366 e. The van der Waals surface area contributed by atoms with Gasteiger partial charge in [0.1, 0.15) is 11.2 Å². The number of nitrogens with two attached hydrogens (primary N) is 1. The number of imidazole rings is 2. The minimum absolute atomic E-state index is 0.219. The van der Waals surface area contributed by atoms with Crippen LogP contribution in [0.2, 0.25) is 0 Å². The monoisotopic (exact) mass is 590 g/mol. The van der Waals surface area contributed by atoms with Crippen molar-refractivity contribution in [3.05, 3.63) is 69.8 Å². The summed E-state index contributed by atoms with van der Waals surface area (Å²) in [5.41, 5.74) is 9.48. The number of aryl methyl sites for hydroxylation is 3. The molecule has 0 spiro atoms. The van der Waals surface area contributed by atoms with Crippen LogP contribution in [0.15, 0.2) is 41.5 Å². The van der Waals surface area contributed by atoms with Gasteiger partial charge in [-0.15, -0.1) is 11.8 Å². The lowest BCUT2D eigenvalue weighted by atomic mass is 10.2. The molecule has 4 aromatic rings. The van der Waals surface area contributed by atoms with Gasteiger partial charge in [0.15, 0.2) is 5.65 Å². The maximum Gasteiger partial charge on any atom is 0.276 e. The summed E-state index contributed by atoms with van der Waals surface area (Å²) >= 11 is 1.32. The Morgan fingerprint density at radius 2 is 1.71 bits per heavy atom. The number of nitrogens with one attached hydrogen (secondary N) is 2. The number of hydrogen-bond donors (Lipinski definition) is 3. The molecule has 0 bridgehead atoms. The number of anilines is 2. The normalized spacial score (nSPS) is 11.9. The molecule has 42 heavy (non-hydrogen) atoms. The van der Waals surface area contributed by atoms with E-state index in [1.54, 1.807) is 34.4 Å². The number of primary amides is 1. The molecule has 13 nitrogen and oxygen atoms in total. The van der Waals surface area contributed by atoms with Gasteiger partial charge in [-0.05, 0) is 53.0 Å². The van der Waals surface area contributed by atoms with Crippen LogP contribution in [-0.2, 0) is 24.4 Å². The van der Waals surface area contributed by atoms with E-state index in [-0.39, 0.29) is 23.3 Å².